The first-order chi connectivity index (χ1) is 14.3. The first-order valence-corrected chi connectivity index (χ1v) is 9.06. The molecule has 0 aliphatic carbocycles. The lowest BCUT2D eigenvalue weighted by Crippen LogP contribution is -2.60. The zero-order valence-corrected chi connectivity index (χ0v) is 15.7. The molecule has 0 radical (unpaired) electrons. The van der Waals surface area contributed by atoms with Crippen molar-refractivity contribution in [1.82, 2.24) is 0 Å². The van der Waals surface area contributed by atoms with Crippen molar-refractivity contribution in [2.24, 2.45) is 0 Å². The number of aliphatic hydroxyl groups is 4. The molecular formula is C20H22O10. The van der Waals surface area contributed by atoms with Crippen LogP contribution in [0.3, 0.4) is 0 Å². The van der Waals surface area contributed by atoms with Gasteiger partial charge in [-0.1, -0.05) is 24.3 Å². The van der Waals surface area contributed by atoms with E-state index in [1.807, 2.05) is 0 Å². The average Bonchev–Trinajstić information content (AvgIpc) is 2.73. The lowest BCUT2D eigenvalue weighted by atomic mass is 9.99. The fourth-order valence-electron chi connectivity index (χ4n) is 2.98. The number of esters is 1. The number of para-hydroxylation sites is 1. The van der Waals surface area contributed by atoms with Gasteiger partial charge in [0, 0.05) is 5.56 Å². The van der Waals surface area contributed by atoms with Crippen LogP contribution in [0.15, 0.2) is 42.5 Å². The van der Waals surface area contributed by atoms with Crippen LogP contribution in [0.5, 0.6) is 17.2 Å². The van der Waals surface area contributed by atoms with Crippen LogP contribution in [0.1, 0.15) is 15.9 Å². The van der Waals surface area contributed by atoms with E-state index in [0.29, 0.717) is 5.56 Å². The van der Waals surface area contributed by atoms with E-state index in [2.05, 4.69) is 0 Å². The summed E-state index contributed by atoms with van der Waals surface area (Å²) in [5.41, 5.74) is -0.0254. The topological polar surface area (TPSA) is 166 Å². The quantitative estimate of drug-likeness (QED) is 0.338. The maximum Gasteiger partial charge on any atom is 0.346 e. The fraction of sp³-hybridized carbons (Fsp3) is 0.350. The van der Waals surface area contributed by atoms with Crippen LogP contribution < -0.4 is 4.74 Å². The number of aliphatic hydroxyl groups excluding tert-OH is 4. The molecule has 1 saturated heterocycles. The van der Waals surface area contributed by atoms with Crippen LogP contribution in [0.4, 0.5) is 0 Å². The second-order valence-corrected chi connectivity index (χ2v) is 6.67. The van der Waals surface area contributed by atoms with Gasteiger partial charge in [-0.25, -0.2) is 4.79 Å². The number of aromatic hydroxyl groups is 2. The summed E-state index contributed by atoms with van der Waals surface area (Å²) in [6.45, 7) is -0.908. The highest BCUT2D eigenvalue weighted by atomic mass is 16.7. The zero-order valence-electron chi connectivity index (χ0n) is 15.7. The van der Waals surface area contributed by atoms with Gasteiger partial charge in [-0.3, -0.25) is 0 Å². The standard InChI is InChI=1S/C20H22O10/c21-8-14-16(24)17(25)18(26)20(30-14)29-13-7-2-1-4-10(13)9-28-19(27)15-11(22)5-3-6-12(15)23/h1-7,14,16-18,20-26H,8-9H2. The zero-order chi connectivity index (χ0) is 21.8. The van der Waals surface area contributed by atoms with Crippen LogP contribution in [-0.2, 0) is 16.1 Å². The predicted molar refractivity (Wildman–Crippen MR) is 99.7 cm³/mol. The molecule has 1 fully saturated rings. The number of carbonyl (C=O) groups is 1. The average molecular weight is 422 g/mol. The summed E-state index contributed by atoms with van der Waals surface area (Å²) in [6.07, 6.45) is -7.26. The molecule has 10 nitrogen and oxygen atoms in total. The number of hydrogen-bond donors (Lipinski definition) is 6. The molecule has 0 bridgehead atoms. The van der Waals surface area contributed by atoms with E-state index in [9.17, 15) is 35.4 Å². The van der Waals surface area contributed by atoms with Crippen LogP contribution in [0, 0.1) is 0 Å². The molecule has 162 valence electrons. The Labute approximate surface area is 171 Å². The maximum absolute atomic E-state index is 12.2. The summed E-state index contributed by atoms with van der Waals surface area (Å²) in [6, 6.07) is 10.1. The van der Waals surface area contributed by atoms with Crippen molar-refractivity contribution in [3.8, 4) is 17.2 Å². The van der Waals surface area contributed by atoms with Crippen molar-refractivity contribution >= 4 is 5.97 Å². The first kappa shape index (κ1) is 21.8. The molecule has 5 unspecified atom stereocenters. The molecule has 0 amide bonds. The van der Waals surface area contributed by atoms with E-state index >= 15 is 0 Å². The number of hydrogen-bond acceptors (Lipinski definition) is 10. The molecule has 6 N–H and O–H groups in total. The summed E-state index contributed by atoms with van der Waals surface area (Å²) in [5.74, 6) is -1.69. The Morgan fingerprint density at radius 3 is 2.27 bits per heavy atom. The van der Waals surface area contributed by atoms with Crippen molar-refractivity contribution in [1.29, 1.82) is 0 Å². The predicted octanol–water partition coefficient (Wildman–Crippen LogP) is -0.367. The van der Waals surface area contributed by atoms with Crippen molar-refractivity contribution < 1.29 is 49.6 Å². The van der Waals surface area contributed by atoms with Gasteiger partial charge < -0.3 is 44.8 Å². The Bertz CT molecular complexity index is 863. The minimum atomic E-state index is -1.60. The first-order valence-electron chi connectivity index (χ1n) is 9.06. The van der Waals surface area contributed by atoms with Gasteiger partial charge in [-0.15, -0.1) is 0 Å². The summed E-state index contributed by atoms with van der Waals surface area (Å²) >= 11 is 0. The lowest BCUT2D eigenvalue weighted by molar-refractivity contribution is -0.277. The number of rotatable bonds is 6. The van der Waals surface area contributed by atoms with Crippen LogP contribution >= 0.6 is 0 Å². The maximum atomic E-state index is 12.2. The highest BCUT2D eigenvalue weighted by Gasteiger charge is 2.44. The van der Waals surface area contributed by atoms with E-state index in [1.54, 1.807) is 18.2 Å². The lowest BCUT2D eigenvalue weighted by Gasteiger charge is -2.39. The van der Waals surface area contributed by atoms with E-state index in [1.165, 1.54) is 24.3 Å². The van der Waals surface area contributed by atoms with Gasteiger partial charge in [0.15, 0.2) is 0 Å². The van der Waals surface area contributed by atoms with E-state index in [4.69, 9.17) is 14.2 Å². The largest absolute Gasteiger partial charge is 0.507 e. The third-order valence-electron chi connectivity index (χ3n) is 4.65. The number of phenols is 2. The Morgan fingerprint density at radius 2 is 1.60 bits per heavy atom. The monoisotopic (exact) mass is 422 g/mol. The van der Waals surface area contributed by atoms with Gasteiger partial charge in [-0.05, 0) is 18.2 Å². The second kappa shape index (κ2) is 9.28. The van der Waals surface area contributed by atoms with Gasteiger partial charge >= 0.3 is 5.97 Å². The van der Waals surface area contributed by atoms with Crippen molar-refractivity contribution in [2.45, 2.75) is 37.3 Å². The molecule has 1 aliphatic heterocycles. The van der Waals surface area contributed by atoms with Gasteiger partial charge in [-0.2, -0.15) is 0 Å². The summed E-state index contributed by atoms with van der Waals surface area (Å²) in [4.78, 5) is 12.2. The number of ether oxygens (including phenoxy) is 3. The summed E-state index contributed by atoms with van der Waals surface area (Å²) in [7, 11) is 0. The van der Waals surface area contributed by atoms with Crippen molar-refractivity contribution in [3.05, 3.63) is 53.6 Å². The number of benzene rings is 2. The molecule has 30 heavy (non-hydrogen) atoms. The van der Waals surface area contributed by atoms with E-state index < -0.39 is 54.8 Å². The molecule has 1 aliphatic rings. The summed E-state index contributed by atoms with van der Waals surface area (Å²) in [5, 5.41) is 58.6. The fourth-order valence-corrected chi connectivity index (χ4v) is 2.98. The summed E-state index contributed by atoms with van der Waals surface area (Å²) < 4.78 is 16.0. The minimum Gasteiger partial charge on any atom is -0.507 e. The number of phenolic OH excluding ortho intramolecular Hbond substituents is 2. The SMILES string of the molecule is O=C(OCc1ccccc1OC1OC(CO)C(O)C(O)C1O)c1c(O)cccc1O. The third-order valence-corrected chi connectivity index (χ3v) is 4.65. The third kappa shape index (κ3) is 4.48. The highest BCUT2D eigenvalue weighted by Crippen LogP contribution is 2.29. The van der Waals surface area contributed by atoms with Crippen LogP contribution in [0.25, 0.3) is 0 Å². The number of carbonyl (C=O) groups excluding carboxylic acids is 1. The second-order valence-electron chi connectivity index (χ2n) is 6.67. The van der Waals surface area contributed by atoms with Gasteiger partial charge in [0.2, 0.25) is 6.29 Å². The Hall–Kier alpha value is -2.89. The van der Waals surface area contributed by atoms with E-state index in [0.717, 1.165) is 0 Å². The Morgan fingerprint density at radius 1 is 0.933 bits per heavy atom. The molecule has 0 aromatic heterocycles. The molecule has 1 heterocycles. The van der Waals surface area contributed by atoms with Crippen LogP contribution in [0.2, 0.25) is 0 Å². The minimum absolute atomic E-state index is 0.149. The van der Waals surface area contributed by atoms with Gasteiger partial charge in [0.1, 0.15) is 53.8 Å². The molecule has 0 saturated carbocycles. The molecule has 0 spiro atoms. The molecular weight excluding hydrogens is 400 g/mol. The molecule has 3 rings (SSSR count). The van der Waals surface area contributed by atoms with Gasteiger partial charge in [0.25, 0.3) is 0 Å². The Kier molecular flexibility index (Phi) is 6.75. The van der Waals surface area contributed by atoms with Crippen molar-refractivity contribution in [2.75, 3.05) is 6.61 Å². The smallest absolute Gasteiger partial charge is 0.346 e. The van der Waals surface area contributed by atoms with Gasteiger partial charge in [0.05, 0.1) is 6.61 Å². The normalized spacial score (nSPS) is 26.2. The van der Waals surface area contributed by atoms with E-state index in [-0.39, 0.29) is 17.9 Å². The van der Waals surface area contributed by atoms with Crippen LogP contribution in [-0.4, -0.2) is 73.9 Å². The highest BCUT2D eigenvalue weighted by molar-refractivity contribution is 5.95. The Balaban J connectivity index is 1.73. The molecule has 5 atom stereocenters. The molecule has 2 aromatic rings. The molecule has 10 heteroatoms. The van der Waals surface area contributed by atoms with Crippen molar-refractivity contribution in [3.63, 3.8) is 0 Å². The molecule has 2 aromatic carbocycles.